The van der Waals surface area contributed by atoms with E-state index in [-0.39, 0.29) is 23.4 Å². The maximum absolute atomic E-state index is 13.6. The van der Waals surface area contributed by atoms with Gasteiger partial charge in [0.1, 0.15) is 0 Å². The summed E-state index contributed by atoms with van der Waals surface area (Å²) in [5, 5.41) is 12.3. The highest BCUT2D eigenvalue weighted by atomic mass is 16.3. The monoisotopic (exact) mass is 517 g/mol. The molecule has 38 heavy (non-hydrogen) atoms. The van der Waals surface area contributed by atoms with E-state index in [1.54, 1.807) is 20.3 Å². The lowest BCUT2D eigenvalue weighted by Crippen LogP contribution is -2.66. The predicted molar refractivity (Wildman–Crippen MR) is 146 cm³/mol. The standard InChI is InChI=1S/C31H39N3O4/c1-32(2)27(36)25-19-34(26(35)18-24(25)22-8-4-3-5-9-22)21-31(38)16-17-33(20-29(31)12-6-7-13-29)28(37)30-14-10-23(30)11-15-30/h3-5,8-9,18-19,23,38H,6-7,10-17,20-21H2,1-2H3. The molecule has 4 fully saturated rings. The van der Waals surface area contributed by atoms with Gasteiger partial charge in [-0.1, -0.05) is 43.2 Å². The molecule has 1 aliphatic heterocycles. The van der Waals surface area contributed by atoms with E-state index < -0.39 is 11.0 Å². The maximum Gasteiger partial charge on any atom is 0.255 e. The van der Waals surface area contributed by atoms with E-state index in [9.17, 15) is 19.5 Å². The zero-order chi connectivity index (χ0) is 26.7. The Bertz CT molecular complexity index is 1300. The van der Waals surface area contributed by atoms with Crippen LogP contribution in [0.1, 0.15) is 68.1 Å². The molecular weight excluding hydrogens is 478 g/mol. The molecule has 1 spiro atoms. The van der Waals surface area contributed by atoms with Crippen LogP contribution in [0.3, 0.4) is 0 Å². The van der Waals surface area contributed by atoms with Gasteiger partial charge in [-0.05, 0) is 56.4 Å². The molecule has 1 saturated heterocycles. The Balaban J connectivity index is 1.33. The summed E-state index contributed by atoms with van der Waals surface area (Å²) in [5.74, 6) is 0.677. The van der Waals surface area contributed by atoms with Crippen LogP contribution in [0.5, 0.6) is 0 Å². The summed E-state index contributed by atoms with van der Waals surface area (Å²) in [4.78, 5) is 43.8. The molecule has 3 aliphatic carbocycles. The normalized spacial score (nSPS) is 29.3. The number of carbonyl (C=O) groups excluding carboxylic acids is 2. The van der Waals surface area contributed by atoms with Crippen molar-refractivity contribution in [3.05, 3.63) is 58.5 Å². The van der Waals surface area contributed by atoms with E-state index in [0.717, 1.165) is 44.1 Å². The van der Waals surface area contributed by atoms with Gasteiger partial charge < -0.3 is 19.5 Å². The third kappa shape index (κ3) is 3.76. The van der Waals surface area contributed by atoms with Crippen LogP contribution in [-0.2, 0) is 11.3 Å². The number of hydrogen-bond donors (Lipinski definition) is 1. The minimum absolute atomic E-state index is 0.124. The lowest BCUT2D eigenvalue weighted by Gasteiger charge is -2.60. The maximum atomic E-state index is 13.6. The van der Waals surface area contributed by atoms with Gasteiger partial charge in [-0.15, -0.1) is 0 Å². The largest absolute Gasteiger partial charge is 0.387 e. The van der Waals surface area contributed by atoms with E-state index in [1.165, 1.54) is 28.4 Å². The van der Waals surface area contributed by atoms with Crippen LogP contribution < -0.4 is 5.56 Å². The second kappa shape index (κ2) is 9.08. The highest BCUT2D eigenvalue weighted by molar-refractivity contribution is 6.00. The summed E-state index contributed by atoms with van der Waals surface area (Å²) >= 11 is 0. The second-order valence-corrected chi connectivity index (χ2v) is 12.6. The van der Waals surface area contributed by atoms with E-state index >= 15 is 0 Å². The molecule has 4 aliphatic rings. The molecule has 3 saturated carbocycles. The first kappa shape index (κ1) is 25.4. The smallest absolute Gasteiger partial charge is 0.255 e. The van der Waals surface area contributed by atoms with Crippen LogP contribution in [0.15, 0.2) is 47.4 Å². The molecule has 1 unspecified atom stereocenters. The fourth-order valence-corrected chi connectivity index (χ4v) is 7.88. The van der Waals surface area contributed by atoms with Crippen molar-refractivity contribution in [2.45, 2.75) is 69.9 Å². The number of fused-ring (bicyclic) bond motifs is 1. The number of benzene rings is 1. The zero-order valence-electron chi connectivity index (χ0n) is 22.6. The Kier molecular flexibility index (Phi) is 6.06. The Morgan fingerprint density at radius 1 is 1.03 bits per heavy atom. The number of hydrogen-bond acceptors (Lipinski definition) is 4. The topological polar surface area (TPSA) is 82.8 Å². The van der Waals surface area contributed by atoms with Gasteiger partial charge in [0.25, 0.3) is 11.5 Å². The molecule has 1 aromatic carbocycles. The summed E-state index contributed by atoms with van der Waals surface area (Å²) in [7, 11) is 3.41. The van der Waals surface area contributed by atoms with Gasteiger partial charge in [-0.25, -0.2) is 0 Å². The molecular formula is C31H39N3O4. The van der Waals surface area contributed by atoms with Crippen molar-refractivity contribution in [1.82, 2.24) is 14.4 Å². The summed E-state index contributed by atoms with van der Waals surface area (Å²) in [6, 6.07) is 11.0. The Labute approximate surface area is 224 Å². The van der Waals surface area contributed by atoms with Gasteiger partial charge in [-0.2, -0.15) is 0 Å². The number of nitrogens with zero attached hydrogens (tertiary/aromatic N) is 3. The molecule has 7 heteroatoms. The molecule has 202 valence electrons. The number of rotatable bonds is 5. The number of aromatic nitrogens is 1. The third-order valence-corrected chi connectivity index (χ3v) is 10.5. The minimum Gasteiger partial charge on any atom is -0.387 e. The van der Waals surface area contributed by atoms with Crippen molar-refractivity contribution in [2.24, 2.45) is 16.7 Å². The number of amides is 2. The quantitative estimate of drug-likeness (QED) is 0.652. The van der Waals surface area contributed by atoms with Crippen LogP contribution in [-0.4, -0.2) is 64.1 Å². The Morgan fingerprint density at radius 3 is 2.29 bits per heavy atom. The number of likely N-dealkylation sites (tertiary alicyclic amines) is 1. The van der Waals surface area contributed by atoms with Gasteiger partial charge in [0.15, 0.2) is 0 Å². The van der Waals surface area contributed by atoms with Crippen molar-refractivity contribution in [3.63, 3.8) is 0 Å². The number of aliphatic hydroxyl groups is 1. The van der Waals surface area contributed by atoms with Crippen LogP contribution >= 0.6 is 0 Å². The first-order valence-electron chi connectivity index (χ1n) is 14.2. The van der Waals surface area contributed by atoms with Crippen LogP contribution in [0.2, 0.25) is 0 Å². The lowest BCUT2D eigenvalue weighted by atomic mass is 9.47. The van der Waals surface area contributed by atoms with Gasteiger partial charge in [0, 0.05) is 50.4 Å². The average Bonchev–Trinajstić information content (AvgIpc) is 3.38. The zero-order valence-corrected chi connectivity index (χ0v) is 22.6. The molecule has 6 rings (SSSR count). The second-order valence-electron chi connectivity index (χ2n) is 12.6. The molecule has 0 bridgehead atoms. The van der Waals surface area contributed by atoms with Gasteiger partial charge in [0.2, 0.25) is 5.91 Å². The van der Waals surface area contributed by atoms with Crippen molar-refractivity contribution < 1.29 is 14.7 Å². The number of piperidine rings is 1. The fraction of sp³-hybridized carbons (Fsp3) is 0.581. The fourth-order valence-electron chi connectivity index (χ4n) is 7.88. The number of carbonyl (C=O) groups is 2. The van der Waals surface area contributed by atoms with Gasteiger partial charge >= 0.3 is 0 Å². The molecule has 1 N–H and O–H groups in total. The third-order valence-electron chi connectivity index (χ3n) is 10.5. The molecule has 2 heterocycles. The van der Waals surface area contributed by atoms with E-state index in [1.807, 2.05) is 35.2 Å². The van der Waals surface area contributed by atoms with E-state index in [0.29, 0.717) is 42.5 Å². The average molecular weight is 518 g/mol. The Hall–Kier alpha value is -2.93. The lowest BCUT2D eigenvalue weighted by molar-refractivity contribution is -0.187. The van der Waals surface area contributed by atoms with Gasteiger partial charge in [-0.3, -0.25) is 14.4 Å². The first-order valence-corrected chi connectivity index (χ1v) is 14.2. The van der Waals surface area contributed by atoms with E-state index in [4.69, 9.17) is 0 Å². The number of pyridine rings is 1. The SMILES string of the molecule is CN(C)C(=O)c1cn(CC2(O)CCN(C(=O)C34CCC3CC4)CC23CCCC3)c(=O)cc1-c1ccccc1. The summed E-state index contributed by atoms with van der Waals surface area (Å²) < 4.78 is 1.54. The van der Waals surface area contributed by atoms with Crippen LogP contribution in [0.25, 0.3) is 11.1 Å². The van der Waals surface area contributed by atoms with Gasteiger partial charge in [0.05, 0.1) is 23.1 Å². The van der Waals surface area contributed by atoms with Crippen molar-refractivity contribution in [1.29, 1.82) is 0 Å². The predicted octanol–water partition coefficient (Wildman–Crippen LogP) is 3.93. The highest BCUT2D eigenvalue weighted by Crippen LogP contribution is 2.62. The molecule has 7 nitrogen and oxygen atoms in total. The van der Waals surface area contributed by atoms with Crippen molar-refractivity contribution in [2.75, 3.05) is 27.2 Å². The van der Waals surface area contributed by atoms with Crippen LogP contribution in [0, 0.1) is 16.7 Å². The Morgan fingerprint density at radius 2 is 1.71 bits per heavy atom. The van der Waals surface area contributed by atoms with Crippen LogP contribution in [0.4, 0.5) is 0 Å². The highest BCUT2D eigenvalue weighted by Gasteiger charge is 2.62. The van der Waals surface area contributed by atoms with Crippen molar-refractivity contribution in [3.8, 4) is 11.1 Å². The minimum atomic E-state index is -1.12. The molecule has 2 amide bonds. The molecule has 1 aromatic heterocycles. The summed E-state index contributed by atoms with van der Waals surface area (Å²) in [6.07, 6.45) is 10.2. The van der Waals surface area contributed by atoms with E-state index in [2.05, 4.69) is 0 Å². The summed E-state index contributed by atoms with van der Waals surface area (Å²) in [6.45, 7) is 1.22. The first-order chi connectivity index (χ1) is 18.2. The van der Waals surface area contributed by atoms with Crippen molar-refractivity contribution >= 4 is 11.8 Å². The molecule has 0 radical (unpaired) electrons. The summed E-state index contributed by atoms with van der Waals surface area (Å²) in [5.41, 5.74) is -0.0482. The molecule has 2 aromatic rings. The molecule has 1 atom stereocenters.